The maximum atomic E-state index is 13.5. The molecule has 0 aliphatic carbocycles. The minimum absolute atomic E-state index is 0.00115. The smallest absolute Gasteiger partial charge is 0.349 e. The number of halogens is 2. The third kappa shape index (κ3) is 2.78. The highest BCUT2D eigenvalue weighted by Gasteiger charge is 2.15. The van der Waals surface area contributed by atoms with Crippen LogP contribution < -0.4 is 10.9 Å². The van der Waals surface area contributed by atoms with E-state index < -0.39 is 17.3 Å². The highest BCUT2D eigenvalue weighted by Crippen LogP contribution is 2.20. The zero-order valence-corrected chi connectivity index (χ0v) is 12.7. The van der Waals surface area contributed by atoms with E-state index in [1.807, 2.05) is 0 Å². The third-order valence-electron chi connectivity index (χ3n) is 3.06. The summed E-state index contributed by atoms with van der Waals surface area (Å²) in [5.41, 5.74) is -0.589. The number of benzene rings is 2. The van der Waals surface area contributed by atoms with Crippen molar-refractivity contribution in [1.29, 1.82) is 0 Å². The van der Waals surface area contributed by atoms with E-state index in [0.717, 1.165) is 4.47 Å². The van der Waals surface area contributed by atoms with Crippen LogP contribution >= 0.6 is 15.9 Å². The van der Waals surface area contributed by atoms with Crippen LogP contribution in [0.15, 0.2) is 62.2 Å². The fourth-order valence-electron chi connectivity index (χ4n) is 2.00. The second kappa shape index (κ2) is 5.73. The molecule has 1 aromatic heterocycles. The highest BCUT2D eigenvalue weighted by molar-refractivity contribution is 9.10. The molecule has 6 heteroatoms. The maximum absolute atomic E-state index is 13.5. The Morgan fingerprint density at radius 3 is 2.68 bits per heavy atom. The molecule has 0 spiro atoms. The molecule has 0 saturated heterocycles. The van der Waals surface area contributed by atoms with Gasteiger partial charge in [-0.25, -0.2) is 9.18 Å². The van der Waals surface area contributed by atoms with Gasteiger partial charge in [0.25, 0.3) is 5.91 Å². The molecule has 1 N–H and O–H groups in total. The van der Waals surface area contributed by atoms with Crippen LogP contribution in [0, 0.1) is 5.82 Å². The van der Waals surface area contributed by atoms with E-state index in [1.165, 1.54) is 24.3 Å². The quantitative estimate of drug-likeness (QED) is 0.703. The minimum Gasteiger partial charge on any atom is -0.422 e. The van der Waals surface area contributed by atoms with E-state index in [1.54, 1.807) is 24.3 Å². The van der Waals surface area contributed by atoms with Gasteiger partial charge in [0, 0.05) is 9.86 Å². The molecule has 22 heavy (non-hydrogen) atoms. The van der Waals surface area contributed by atoms with Gasteiger partial charge in [0.05, 0.1) is 5.69 Å². The van der Waals surface area contributed by atoms with Gasteiger partial charge in [0.1, 0.15) is 17.0 Å². The van der Waals surface area contributed by atoms with Crippen molar-refractivity contribution < 1.29 is 13.6 Å². The molecule has 1 amide bonds. The number of carbonyl (C=O) groups excluding carboxylic acids is 1. The number of fused-ring (bicyclic) bond motifs is 1. The normalized spacial score (nSPS) is 10.6. The Hall–Kier alpha value is -2.47. The summed E-state index contributed by atoms with van der Waals surface area (Å²) >= 11 is 3.31. The van der Waals surface area contributed by atoms with Crippen molar-refractivity contribution in [1.82, 2.24) is 0 Å². The Kier molecular flexibility index (Phi) is 3.77. The first kappa shape index (κ1) is 14.5. The summed E-state index contributed by atoms with van der Waals surface area (Å²) in [5, 5.41) is 2.95. The van der Waals surface area contributed by atoms with Crippen LogP contribution in [-0.2, 0) is 0 Å². The zero-order chi connectivity index (χ0) is 15.7. The number of hydrogen-bond donors (Lipinski definition) is 1. The van der Waals surface area contributed by atoms with Crippen molar-refractivity contribution >= 4 is 38.5 Å². The molecule has 0 fully saturated rings. The van der Waals surface area contributed by atoms with Crippen molar-refractivity contribution in [2.45, 2.75) is 0 Å². The van der Waals surface area contributed by atoms with Gasteiger partial charge in [-0.1, -0.05) is 28.1 Å². The largest absolute Gasteiger partial charge is 0.422 e. The van der Waals surface area contributed by atoms with Gasteiger partial charge in [-0.05, 0) is 36.4 Å². The first-order chi connectivity index (χ1) is 10.5. The monoisotopic (exact) mass is 361 g/mol. The van der Waals surface area contributed by atoms with Gasteiger partial charge in [-0.15, -0.1) is 0 Å². The SMILES string of the molecule is O=C(Nc1ccccc1F)c1cc2cc(Br)ccc2oc1=O. The Balaban J connectivity index is 2.02. The van der Waals surface area contributed by atoms with Gasteiger partial charge in [-0.2, -0.15) is 0 Å². The van der Waals surface area contributed by atoms with E-state index in [2.05, 4.69) is 21.2 Å². The Labute approximate surface area is 132 Å². The summed E-state index contributed by atoms with van der Waals surface area (Å²) in [6, 6.07) is 12.2. The van der Waals surface area contributed by atoms with Gasteiger partial charge in [0.15, 0.2) is 0 Å². The number of rotatable bonds is 2. The van der Waals surface area contributed by atoms with Crippen molar-refractivity contribution in [3.05, 3.63) is 74.8 Å². The molecule has 2 aromatic carbocycles. The third-order valence-corrected chi connectivity index (χ3v) is 3.55. The molecule has 110 valence electrons. The highest BCUT2D eigenvalue weighted by atomic mass is 79.9. The molecule has 0 unspecified atom stereocenters. The summed E-state index contributed by atoms with van der Waals surface area (Å²) in [5.74, 6) is -1.30. The number of anilines is 1. The first-order valence-corrected chi connectivity index (χ1v) is 7.13. The lowest BCUT2D eigenvalue weighted by Crippen LogP contribution is -2.21. The Morgan fingerprint density at radius 2 is 1.91 bits per heavy atom. The van der Waals surface area contributed by atoms with Crippen LogP contribution in [0.2, 0.25) is 0 Å². The summed E-state index contributed by atoms with van der Waals surface area (Å²) in [4.78, 5) is 24.1. The van der Waals surface area contributed by atoms with Crippen LogP contribution in [0.4, 0.5) is 10.1 Å². The van der Waals surface area contributed by atoms with Crippen molar-refractivity contribution in [3.63, 3.8) is 0 Å². The van der Waals surface area contributed by atoms with Crippen molar-refractivity contribution in [2.75, 3.05) is 5.32 Å². The van der Waals surface area contributed by atoms with Gasteiger partial charge in [-0.3, -0.25) is 4.79 Å². The molecule has 3 aromatic rings. The van der Waals surface area contributed by atoms with Crippen LogP contribution in [-0.4, -0.2) is 5.91 Å². The summed E-state index contributed by atoms with van der Waals surface area (Å²) < 4.78 is 19.4. The number of hydrogen-bond acceptors (Lipinski definition) is 3. The fourth-order valence-corrected chi connectivity index (χ4v) is 2.38. The Morgan fingerprint density at radius 1 is 1.14 bits per heavy atom. The predicted molar refractivity (Wildman–Crippen MR) is 84.5 cm³/mol. The molecular weight excluding hydrogens is 353 g/mol. The van der Waals surface area contributed by atoms with Crippen LogP contribution in [0.25, 0.3) is 11.0 Å². The van der Waals surface area contributed by atoms with Gasteiger partial charge in [0.2, 0.25) is 0 Å². The molecule has 4 nitrogen and oxygen atoms in total. The lowest BCUT2D eigenvalue weighted by molar-refractivity contribution is 0.102. The van der Waals surface area contributed by atoms with Crippen LogP contribution in [0.1, 0.15) is 10.4 Å². The lowest BCUT2D eigenvalue weighted by Gasteiger charge is -2.06. The first-order valence-electron chi connectivity index (χ1n) is 6.34. The molecule has 3 rings (SSSR count). The van der Waals surface area contributed by atoms with Crippen molar-refractivity contribution in [2.24, 2.45) is 0 Å². The second-order valence-corrected chi connectivity index (χ2v) is 5.48. The number of nitrogens with one attached hydrogen (secondary N) is 1. The molecule has 1 heterocycles. The summed E-state index contributed by atoms with van der Waals surface area (Å²) in [7, 11) is 0. The molecule has 0 atom stereocenters. The van der Waals surface area contributed by atoms with E-state index >= 15 is 0 Å². The summed E-state index contributed by atoms with van der Waals surface area (Å²) in [6.07, 6.45) is 0. The molecule has 0 bridgehead atoms. The molecule has 0 aliphatic heterocycles. The molecular formula is C16H9BrFNO3. The second-order valence-electron chi connectivity index (χ2n) is 4.56. The zero-order valence-electron chi connectivity index (χ0n) is 11.1. The van der Waals surface area contributed by atoms with E-state index in [0.29, 0.717) is 11.0 Å². The van der Waals surface area contributed by atoms with E-state index in [9.17, 15) is 14.0 Å². The minimum atomic E-state index is -0.774. The van der Waals surface area contributed by atoms with Crippen molar-refractivity contribution in [3.8, 4) is 0 Å². The fraction of sp³-hybridized carbons (Fsp3) is 0. The van der Waals surface area contributed by atoms with E-state index in [-0.39, 0.29) is 11.3 Å². The van der Waals surface area contributed by atoms with E-state index in [4.69, 9.17) is 4.42 Å². The average Bonchev–Trinajstić information content (AvgIpc) is 2.49. The molecule has 0 radical (unpaired) electrons. The number of carbonyl (C=O) groups is 1. The predicted octanol–water partition coefficient (Wildman–Crippen LogP) is 3.95. The van der Waals surface area contributed by atoms with Crippen LogP contribution in [0.3, 0.4) is 0 Å². The molecule has 0 saturated carbocycles. The number of para-hydroxylation sites is 1. The average molecular weight is 362 g/mol. The van der Waals surface area contributed by atoms with Crippen LogP contribution in [0.5, 0.6) is 0 Å². The molecule has 0 aliphatic rings. The van der Waals surface area contributed by atoms with Gasteiger partial charge < -0.3 is 9.73 Å². The Bertz CT molecular complexity index is 936. The summed E-state index contributed by atoms with van der Waals surface area (Å²) in [6.45, 7) is 0. The standard InChI is InChI=1S/C16H9BrFNO3/c17-10-5-6-14-9(7-10)8-11(16(21)22-14)15(20)19-13-4-2-1-3-12(13)18/h1-8H,(H,19,20). The number of amides is 1. The lowest BCUT2D eigenvalue weighted by atomic mass is 10.1. The van der Waals surface area contributed by atoms with Gasteiger partial charge >= 0.3 is 5.63 Å². The topological polar surface area (TPSA) is 59.3 Å². The maximum Gasteiger partial charge on any atom is 0.349 e.